The molecular weight excluding hydrogens is 465 g/mol. The molecule has 0 atom stereocenters. The van der Waals surface area contributed by atoms with Crippen LogP contribution in [0.25, 0.3) is 0 Å². The molecule has 2 saturated heterocycles. The lowest BCUT2D eigenvalue weighted by Crippen LogP contribution is -2.51. The molecule has 1 aromatic rings. The smallest absolute Gasteiger partial charge is 0.255 e. The summed E-state index contributed by atoms with van der Waals surface area (Å²) in [6.45, 7) is 5.03. The van der Waals surface area contributed by atoms with Gasteiger partial charge in [0.15, 0.2) is 0 Å². The van der Waals surface area contributed by atoms with E-state index in [0.717, 1.165) is 42.6 Å². The van der Waals surface area contributed by atoms with Crippen molar-refractivity contribution in [3.05, 3.63) is 32.4 Å². The van der Waals surface area contributed by atoms with Crippen LogP contribution in [0.3, 0.4) is 0 Å². The van der Waals surface area contributed by atoms with Gasteiger partial charge >= 0.3 is 0 Å². The van der Waals surface area contributed by atoms with Crippen molar-refractivity contribution in [3.8, 4) is 0 Å². The quantitative estimate of drug-likeness (QED) is 0.613. The fourth-order valence-corrected chi connectivity index (χ4v) is 4.29. The van der Waals surface area contributed by atoms with E-state index in [2.05, 4.69) is 27.5 Å². The van der Waals surface area contributed by atoms with Gasteiger partial charge in [-0.05, 0) is 53.6 Å². The molecule has 5 nitrogen and oxygen atoms in total. The summed E-state index contributed by atoms with van der Waals surface area (Å²) in [6.07, 6.45) is 4.69. The summed E-state index contributed by atoms with van der Waals surface area (Å²) in [6, 6.07) is 5.40. The molecule has 26 heavy (non-hydrogen) atoms. The molecule has 0 N–H and O–H groups in total. The normalized spacial score (nSPS) is 19.3. The standard InChI is InChI=1S/C19H25ClIN3O2/c20-15-5-6-17(21)16(13-15)19(26)24-11-9-22(10-12-24)14-18(25)23-7-3-1-2-4-8-23/h5-6,13H,1-4,7-12,14H2. The second-order valence-corrected chi connectivity index (χ2v) is 8.59. The Hall–Kier alpha value is -0.860. The van der Waals surface area contributed by atoms with E-state index >= 15 is 0 Å². The molecule has 0 saturated carbocycles. The monoisotopic (exact) mass is 489 g/mol. The van der Waals surface area contributed by atoms with Gasteiger partial charge in [-0.2, -0.15) is 0 Å². The first-order chi connectivity index (χ1) is 12.5. The Bertz CT molecular complexity index is 654. The minimum atomic E-state index is 0.0235. The van der Waals surface area contributed by atoms with Crippen molar-refractivity contribution in [2.75, 3.05) is 45.8 Å². The van der Waals surface area contributed by atoms with Gasteiger partial charge in [0.25, 0.3) is 5.91 Å². The second-order valence-electron chi connectivity index (χ2n) is 6.99. The third-order valence-electron chi connectivity index (χ3n) is 5.14. The highest BCUT2D eigenvalue weighted by Gasteiger charge is 2.26. The number of nitrogens with zero attached hydrogens (tertiary/aromatic N) is 3. The molecule has 2 amide bonds. The molecule has 0 aromatic heterocycles. The number of rotatable bonds is 3. The summed E-state index contributed by atoms with van der Waals surface area (Å²) >= 11 is 8.21. The highest BCUT2D eigenvalue weighted by Crippen LogP contribution is 2.20. The van der Waals surface area contributed by atoms with Gasteiger partial charge in [0.05, 0.1) is 12.1 Å². The number of amides is 2. The predicted octanol–water partition coefficient (Wildman–Crippen LogP) is 3.11. The molecular formula is C19H25ClIN3O2. The summed E-state index contributed by atoms with van der Waals surface area (Å²) in [5.41, 5.74) is 0.659. The number of hydrogen-bond acceptors (Lipinski definition) is 3. The van der Waals surface area contributed by atoms with Crippen molar-refractivity contribution >= 4 is 46.0 Å². The van der Waals surface area contributed by atoms with Gasteiger partial charge in [-0.15, -0.1) is 0 Å². The molecule has 0 unspecified atom stereocenters. The van der Waals surface area contributed by atoms with Gasteiger partial charge in [0.2, 0.25) is 5.91 Å². The average molecular weight is 490 g/mol. The Balaban J connectivity index is 1.51. The lowest BCUT2D eigenvalue weighted by atomic mass is 10.2. The van der Waals surface area contributed by atoms with Gasteiger partial charge in [-0.1, -0.05) is 24.4 Å². The van der Waals surface area contributed by atoms with Crippen LogP contribution in [-0.4, -0.2) is 72.3 Å². The first-order valence-corrected chi connectivity index (χ1v) is 10.7. The van der Waals surface area contributed by atoms with Crippen molar-refractivity contribution in [1.29, 1.82) is 0 Å². The predicted molar refractivity (Wildman–Crippen MR) is 112 cm³/mol. The van der Waals surface area contributed by atoms with Crippen LogP contribution < -0.4 is 0 Å². The summed E-state index contributed by atoms with van der Waals surface area (Å²) in [7, 11) is 0. The van der Waals surface area contributed by atoms with E-state index in [1.807, 2.05) is 15.9 Å². The summed E-state index contributed by atoms with van der Waals surface area (Å²) in [5, 5.41) is 0.579. The molecule has 3 rings (SSSR count). The third-order valence-corrected chi connectivity index (χ3v) is 6.31. The van der Waals surface area contributed by atoms with E-state index in [1.165, 1.54) is 12.8 Å². The van der Waals surface area contributed by atoms with Crippen LogP contribution in [0.1, 0.15) is 36.0 Å². The largest absolute Gasteiger partial charge is 0.342 e. The molecule has 2 aliphatic heterocycles. The van der Waals surface area contributed by atoms with Crippen molar-refractivity contribution in [1.82, 2.24) is 14.7 Å². The number of hydrogen-bond donors (Lipinski definition) is 0. The maximum atomic E-state index is 12.8. The molecule has 7 heteroatoms. The van der Waals surface area contributed by atoms with Crippen LogP contribution in [0.4, 0.5) is 0 Å². The topological polar surface area (TPSA) is 43.9 Å². The number of benzene rings is 1. The van der Waals surface area contributed by atoms with Gasteiger partial charge in [0.1, 0.15) is 0 Å². The lowest BCUT2D eigenvalue weighted by molar-refractivity contribution is -0.132. The first-order valence-electron chi connectivity index (χ1n) is 9.29. The average Bonchev–Trinajstić information content (AvgIpc) is 2.93. The molecule has 2 aliphatic rings. The van der Waals surface area contributed by atoms with Crippen molar-refractivity contribution < 1.29 is 9.59 Å². The number of piperazine rings is 1. The SMILES string of the molecule is O=C(CN1CCN(C(=O)c2cc(Cl)ccc2I)CC1)N1CCCCCC1. The van der Waals surface area contributed by atoms with Crippen LogP contribution in [0.5, 0.6) is 0 Å². The Morgan fingerprint density at radius 3 is 2.23 bits per heavy atom. The number of carbonyl (C=O) groups is 2. The fourth-order valence-electron chi connectivity index (χ4n) is 3.55. The Kier molecular flexibility index (Phi) is 7.17. The van der Waals surface area contributed by atoms with Crippen LogP contribution in [0, 0.1) is 3.57 Å². The first kappa shape index (κ1) is 19.9. The van der Waals surface area contributed by atoms with Gasteiger partial charge in [-0.3, -0.25) is 14.5 Å². The summed E-state index contributed by atoms with van der Waals surface area (Å²) < 4.78 is 0.913. The Labute approximate surface area is 173 Å². The van der Waals surface area contributed by atoms with E-state index in [0.29, 0.717) is 30.2 Å². The molecule has 0 bridgehead atoms. The molecule has 142 valence electrons. The van der Waals surface area contributed by atoms with Crippen molar-refractivity contribution in [2.45, 2.75) is 25.7 Å². The molecule has 0 radical (unpaired) electrons. The van der Waals surface area contributed by atoms with Crippen LogP contribution in [-0.2, 0) is 4.79 Å². The van der Waals surface area contributed by atoms with E-state index in [1.54, 1.807) is 12.1 Å². The fraction of sp³-hybridized carbons (Fsp3) is 0.579. The Morgan fingerprint density at radius 1 is 0.923 bits per heavy atom. The number of likely N-dealkylation sites (tertiary alicyclic amines) is 1. The van der Waals surface area contributed by atoms with Gasteiger partial charge in [0, 0.05) is 47.9 Å². The minimum Gasteiger partial charge on any atom is -0.342 e. The lowest BCUT2D eigenvalue weighted by Gasteiger charge is -2.35. The zero-order chi connectivity index (χ0) is 18.5. The summed E-state index contributed by atoms with van der Waals surface area (Å²) in [4.78, 5) is 31.3. The molecule has 2 heterocycles. The van der Waals surface area contributed by atoms with Gasteiger partial charge < -0.3 is 9.80 Å². The van der Waals surface area contributed by atoms with Crippen LogP contribution in [0.2, 0.25) is 5.02 Å². The van der Waals surface area contributed by atoms with E-state index in [9.17, 15) is 9.59 Å². The molecule has 1 aromatic carbocycles. The summed E-state index contributed by atoms with van der Waals surface area (Å²) in [5.74, 6) is 0.256. The highest BCUT2D eigenvalue weighted by molar-refractivity contribution is 14.1. The third kappa shape index (κ3) is 5.10. The minimum absolute atomic E-state index is 0.0235. The van der Waals surface area contributed by atoms with E-state index < -0.39 is 0 Å². The Morgan fingerprint density at radius 2 is 1.58 bits per heavy atom. The van der Waals surface area contributed by atoms with E-state index in [-0.39, 0.29) is 11.8 Å². The van der Waals surface area contributed by atoms with Crippen molar-refractivity contribution in [2.24, 2.45) is 0 Å². The molecule has 2 fully saturated rings. The number of halogens is 2. The van der Waals surface area contributed by atoms with Gasteiger partial charge in [-0.25, -0.2) is 0 Å². The molecule has 0 aliphatic carbocycles. The zero-order valence-corrected chi connectivity index (χ0v) is 17.8. The molecule has 0 spiro atoms. The van der Waals surface area contributed by atoms with E-state index in [4.69, 9.17) is 11.6 Å². The second kappa shape index (κ2) is 9.37. The number of carbonyl (C=O) groups excluding carboxylic acids is 2. The highest BCUT2D eigenvalue weighted by atomic mass is 127. The maximum Gasteiger partial charge on any atom is 0.255 e. The maximum absolute atomic E-state index is 12.8. The van der Waals surface area contributed by atoms with Crippen LogP contribution in [0.15, 0.2) is 18.2 Å². The van der Waals surface area contributed by atoms with Crippen molar-refractivity contribution in [3.63, 3.8) is 0 Å². The zero-order valence-electron chi connectivity index (χ0n) is 14.9. The van der Waals surface area contributed by atoms with Crippen LogP contribution >= 0.6 is 34.2 Å².